The van der Waals surface area contributed by atoms with Crippen LogP contribution in [0, 0.1) is 6.92 Å². The predicted octanol–water partition coefficient (Wildman–Crippen LogP) is 4.71. The molecular formula is C18H15CaClN2O6S. The van der Waals surface area contributed by atoms with Gasteiger partial charge in [-0.3, -0.25) is 4.55 Å². The number of aromatic carboxylic acids is 1. The first-order chi connectivity index (χ1) is 13.1. The molecule has 3 aromatic rings. The van der Waals surface area contributed by atoms with Crippen LogP contribution in [0.4, 0.5) is 11.4 Å². The van der Waals surface area contributed by atoms with Crippen molar-refractivity contribution in [2.45, 2.75) is 11.8 Å². The van der Waals surface area contributed by atoms with Crippen molar-refractivity contribution in [2.75, 3.05) is 0 Å². The van der Waals surface area contributed by atoms with E-state index in [1.165, 1.54) is 12.1 Å². The Balaban J connectivity index is 0.00000300. The number of phenols is 1. The molecule has 0 saturated heterocycles. The Hall–Kier alpha value is -1.75. The van der Waals surface area contributed by atoms with Gasteiger partial charge in [0, 0.05) is 10.4 Å². The number of nitrogens with zero attached hydrogens (tertiary/aromatic N) is 2. The van der Waals surface area contributed by atoms with Gasteiger partial charge in [-0.15, -0.1) is 10.2 Å². The second kappa shape index (κ2) is 8.95. The topological polar surface area (TPSA) is 137 Å². The Morgan fingerprint density at radius 1 is 1.14 bits per heavy atom. The molecule has 29 heavy (non-hydrogen) atoms. The molecule has 0 bridgehead atoms. The molecular weight excluding hydrogens is 448 g/mol. The summed E-state index contributed by atoms with van der Waals surface area (Å²) in [5.41, 5.74) is -0.408. The fourth-order valence-corrected chi connectivity index (χ4v) is 3.46. The molecule has 0 heterocycles. The first-order valence-corrected chi connectivity index (χ1v) is 9.58. The average molecular weight is 463 g/mol. The van der Waals surface area contributed by atoms with Gasteiger partial charge in [-0.1, -0.05) is 35.9 Å². The number of halogens is 1. The summed E-state index contributed by atoms with van der Waals surface area (Å²) >= 11 is 6.01. The van der Waals surface area contributed by atoms with Crippen molar-refractivity contribution in [3.8, 4) is 5.75 Å². The third kappa shape index (κ3) is 4.88. The van der Waals surface area contributed by atoms with E-state index >= 15 is 0 Å². The SMILES string of the molecule is Cc1cc(S(=O)(=O)O)c(N=Nc2c(O)c(C(=O)O)cc3ccccc23)cc1Cl.[Ca+2].[H-].[H-]. The van der Waals surface area contributed by atoms with Crippen LogP contribution in [-0.2, 0) is 10.1 Å². The smallest absolute Gasteiger partial charge is 1.00 e. The van der Waals surface area contributed by atoms with E-state index in [0.29, 0.717) is 16.3 Å². The molecule has 3 rings (SSSR count). The van der Waals surface area contributed by atoms with E-state index < -0.39 is 26.7 Å². The number of benzene rings is 3. The summed E-state index contributed by atoms with van der Waals surface area (Å²) < 4.78 is 32.7. The third-order valence-corrected chi connectivity index (χ3v) is 5.29. The van der Waals surface area contributed by atoms with Gasteiger partial charge in [0.15, 0.2) is 5.75 Å². The number of fused-ring (bicyclic) bond motifs is 1. The monoisotopic (exact) mass is 462 g/mol. The van der Waals surface area contributed by atoms with Crippen molar-refractivity contribution in [1.29, 1.82) is 0 Å². The molecule has 11 heteroatoms. The summed E-state index contributed by atoms with van der Waals surface area (Å²) in [7, 11) is -4.62. The Morgan fingerprint density at radius 3 is 2.41 bits per heavy atom. The van der Waals surface area contributed by atoms with Gasteiger partial charge >= 0.3 is 43.7 Å². The van der Waals surface area contributed by atoms with E-state index in [9.17, 15) is 28.0 Å². The zero-order chi connectivity index (χ0) is 20.6. The second-order valence-electron chi connectivity index (χ2n) is 5.89. The van der Waals surface area contributed by atoms with Gasteiger partial charge < -0.3 is 13.1 Å². The van der Waals surface area contributed by atoms with Crippen molar-refractivity contribution < 1.29 is 30.8 Å². The molecule has 0 radical (unpaired) electrons. The molecule has 0 aliphatic heterocycles. The molecule has 0 aliphatic rings. The zero-order valence-electron chi connectivity index (χ0n) is 17.0. The normalized spacial score (nSPS) is 11.6. The summed E-state index contributed by atoms with van der Waals surface area (Å²) in [6.45, 7) is 1.55. The summed E-state index contributed by atoms with van der Waals surface area (Å²) in [5, 5.41) is 28.4. The molecule has 0 spiro atoms. The Labute approximate surface area is 203 Å². The summed E-state index contributed by atoms with van der Waals surface area (Å²) in [6.07, 6.45) is 0. The van der Waals surface area contributed by atoms with Gasteiger partial charge in [-0.25, -0.2) is 4.79 Å². The maximum absolute atomic E-state index is 11.6. The second-order valence-corrected chi connectivity index (χ2v) is 7.69. The van der Waals surface area contributed by atoms with Crippen molar-refractivity contribution in [3.05, 3.63) is 58.6 Å². The van der Waals surface area contributed by atoms with Crippen LogP contribution in [0.1, 0.15) is 18.8 Å². The van der Waals surface area contributed by atoms with Gasteiger partial charge in [-0.05, 0) is 36.1 Å². The van der Waals surface area contributed by atoms with E-state index in [0.717, 1.165) is 6.07 Å². The minimum Gasteiger partial charge on any atom is -1.00 e. The Bertz CT molecular complexity index is 1270. The van der Waals surface area contributed by atoms with Gasteiger partial charge in [0.2, 0.25) is 0 Å². The number of carboxylic acid groups (broad SMARTS) is 1. The van der Waals surface area contributed by atoms with Crippen LogP contribution in [0.2, 0.25) is 5.02 Å². The first-order valence-electron chi connectivity index (χ1n) is 7.77. The van der Waals surface area contributed by atoms with Crippen molar-refractivity contribution in [2.24, 2.45) is 10.2 Å². The van der Waals surface area contributed by atoms with Gasteiger partial charge in [-0.2, -0.15) is 8.42 Å². The van der Waals surface area contributed by atoms with Crippen molar-refractivity contribution >= 4 is 87.6 Å². The quantitative estimate of drug-likeness (QED) is 0.291. The third-order valence-electron chi connectivity index (χ3n) is 4.00. The number of azo groups is 1. The number of hydrogen-bond acceptors (Lipinski definition) is 6. The molecule has 0 fully saturated rings. The van der Waals surface area contributed by atoms with Crippen LogP contribution < -0.4 is 0 Å². The fraction of sp³-hybridized carbons (Fsp3) is 0.0556. The van der Waals surface area contributed by atoms with E-state index in [-0.39, 0.29) is 62.6 Å². The number of carbonyl (C=O) groups is 1. The maximum atomic E-state index is 11.6. The molecule has 3 aromatic carbocycles. The molecule has 0 aromatic heterocycles. The van der Waals surface area contributed by atoms with Crippen LogP contribution in [0.15, 0.2) is 57.6 Å². The van der Waals surface area contributed by atoms with Crippen LogP contribution in [0.3, 0.4) is 0 Å². The minimum absolute atomic E-state index is 0. The molecule has 0 amide bonds. The first kappa shape index (κ1) is 23.5. The maximum Gasteiger partial charge on any atom is 2.00 e. The number of rotatable bonds is 4. The summed E-state index contributed by atoms with van der Waals surface area (Å²) in [4.78, 5) is 10.9. The number of aryl methyl sites for hydroxylation is 1. The molecule has 8 nitrogen and oxygen atoms in total. The predicted molar refractivity (Wildman–Crippen MR) is 111 cm³/mol. The van der Waals surface area contributed by atoms with E-state index in [2.05, 4.69) is 10.2 Å². The average Bonchev–Trinajstić information content (AvgIpc) is 2.61. The van der Waals surface area contributed by atoms with Crippen LogP contribution >= 0.6 is 11.6 Å². The zero-order valence-corrected chi connectivity index (χ0v) is 18.8. The molecule has 0 unspecified atom stereocenters. The standard InChI is InChI=1S/C18H13ClN2O6S.Ca.2H/c1-9-6-15(28(25,26)27)14(8-13(9)19)20-21-16-11-5-3-2-4-10(11)7-12(17(16)22)18(23)24;;;/h2-8,22H,1H3,(H,23,24)(H,25,26,27);;;/q;+2;2*-1. The van der Waals surface area contributed by atoms with Gasteiger partial charge in [0.25, 0.3) is 10.1 Å². The minimum atomic E-state index is -4.62. The van der Waals surface area contributed by atoms with E-state index in [1.807, 2.05) is 0 Å². The molecule has 0 saturated carbocycles. The number of hydrogen-bond donors (Lipinski definition) is 3. The molecule has 148 valence electrons. The van der Waals surface area contributed by atoms with Crippen molar-refractivity contribution in [1.82, 2.24) is 0 Å². The summed E-state index contributed by atoms with van der Waals surface area (Å²) in [6, 6.07) is 10.2. The number of aromatic hydroxyl groups is 1. The van der Waals surface area contributed by atoms with Gasteiger partial charge in [0.1, 0.15) is 21.8 Å². The Morgan fingerprint density at radius 2 is 1.79 bits per heavy atom. The largest absolute Gasteiger partial charge is 2.00 e. The fourth-order valence-electron chi connectivity index (χ4n) is 2.61. The molecule has 0 aliphatic carbocycles. The Kier molecular flexibility index (Phi) is 7.26. The van der Waals surface area contributed by atoms with Crippen LogP contribution in [0.25, 0.3) is 10.8 Å². The number of carboxylic acids is 1. The molecule has 3 N–H and O–H groups in total. The van der Waals surface area contributed by atoms with E-state index in [4.69, 9.17) is 11.6 Å². The van der Waals surface area contributed by atoms with Crippen LogP contribution in [-0.4, -0.2) is 66.9 Å². The van der Waals surface area contributed by atoms with Crippen LogP contribution in [0.5, 0.6) is 5.75 Å². The van der Waals surface area contributed by atoms with E-state index in [1.54, 1.807) is 31.2 Å². The summed E-state index contributed by atoms with van der Waals surface area (Å²) in [5.74, 6) is -1.99. The van der Waals surface area contributed by atoms with Gasteiger partial charge in [0.05, 0.1) is 0 Å². The molecule has 0 atom stereocenters. The van der Waals surface area contributed by atoms with Crippen molar-refractivity contribution in [3.63, 3.8) is 0 Å².